The molecule has 0 N–H and O–H groups in total. The molecule has 3 aromatic rings. The highest BCUT2D eigenvalue weighted by molar-refractivity contribution is 7.15. The van der Waals surface area contributed by atoms with Gasteiger partial charge in [0.05, 0.1) is 4.88 Å². The largest absolute Gasteiger partial charge is 0.333 e. The molecule has 0 spiro atoms. The molecular formula is C16H13N3OS. The molecule has 0 aliphatic heterocycles. The molecule has 2 aromatic heterocycles. The second-order valence-electron chi connectivity index (χ2n) is 4.89. The van der Waals surface area contributed by atoms with Crippen molar-refractivity contribution >= 4 is 11.3 Å². The Balaban J connectivity index is 1.81. The van der Waals surface area contributed by atoms with Gasteiger partial charge in [-0.2, -0.15) is 10.2 Å². The monoisotopic (exact) mass is 295 g/mol. The third-order valence-electron chi connectivity index (χ3n) is 3.33. The molecule has 4 nitrogen and oxygen atoms in total. The van der Waals surface area contributed by atoms with Crippen LogP contribution in [0, 0.1) is 25.2 Å². The Kier molecular flexibility index (Phi) is 3.55. The van der Waals surface area contributed by atoms with E-state index in [1.165, 1.54) is 22.5 Å². The summed E-state index contributed by atoms with van der Waals surface area (Å²) in [5, 5.41) is 12.9. The third kappa shape index (κ3) is 2.86. The molecule has 21 heavy (non-hydrogen) atoms. The van der Waals surface area contributed by atoms with Gasteiger partial charge in [0.1, 0.15) is 10.9 Å². The van der Waals surface area contributed by atoms with Gasteiger partial charge < -0.3 is 4.52 Å². The van der Waals surface area contributed by atoms with Crippen molar-refractivity contribution in [3.63, 3.8) is 0 Å². The average molecular weight is 295 g/mol. The fourth-order valence-electron chi connectivity index (χ4n) is 2.03. The molecular weight excluding hydrogens is 282 g/mol. The fraction of sp³-hybridized carbons (Fsp3) is 0.188. The lowest BCUT2D eigenvalue weighted by Crippen LogP contribution is -1.92. The van der Waals surface area contributed by atoms with Crippen LogP contribution in [0.25, 0.3) is 10.8 Å². The lowest BCUT2D eigenvalue weighted by molar-refractivity contribution is 0.424. The van der Waals surface area contributed by atoms with Gasteiger partial charge in [0.25, 0.3) is 5.89 Å². The van der Waals surface area contributed by atoms with Crippen LogP contribution in [0.15, 0.2) is 34.9 Å². The molecule has 0 bridgehead atoms. The number of aromatic nitrogens is 2. The molecule has 104 valence electrons. The van der Waals surface area contributed by atoms with E-state index in [1.807, 2.05) is 6.07 Å². The number of benzene rings is 1. The van der Waals surface area contributed by atoms with E-state index in [-0.39, 0.29) is 0 Å². The molecule has 3 rings (SSSR count). The van der Waals surface area contributed by atoms with Crippen LogP contribution >= 0.6 is 11.3 Å². The minimum Gasteiger partial charge on any atom is -0.333 e. The van der Waals surface area contributed by atoms with E-state index in [1.54, 1.807) is 6.07 Å². The van der Waals surface area contributed by atoms with E-state index in [2.05, 4.69) is 48.3 Å². The van der Waals surface area contributed by atoms with Gasteiger partial charge in [-0.3, -0.25) is 0 Å². The number of hydrogen-bond acceptors (Lipinski definition) is 5. The maximum absolute atomic E-state index is 8.84. The molecule has 0 unspecified atom stereocenters. The zero-order valence-corrected chi connectivity index (χ0v) is 12.6. The standard InChI is InChI=1S/C16H13N3OS/c1-10-3-4-12(7-11(10)2)8-15-18-16(20-19-15)14-6-5-13(9-17)21-14/h3-7H,8H2,1-2H3. The maximum atomic E-state index is 8.84. The maximum Gasteiger partial charge on any atom is 0.268 e. The van der Waals surface area contributed by atoms with Crippen LogP contribution in [0.3, 0.4) is 0 Å². The van der Waals surface area contributed by atoms with Gasteiger partial charge in [-0.15, -0.1) is 11.3 Å². The topological polar surface area (TPSA) is 62.7 Å². The summed E-state index contributed by atoms with van der Waals surface area (Å²) >= 11 is 1.35. The van der Waals surface area contributed by atoms with E-state index >= 15 is 0 Å². The molecule has 0 saturated heterocycles. The second-order valence-corrected chi connectivity index (χ2v) is 5.97. The zero-order valence-electron chi connectivity index (χ0n) is 11.8. The summed E-state index contributed by atoms with van der Waals surface area (Å²) in [5.41, 5.74) is 3.69. The molecule has 0 saturated carbocycles. The molecule has 2 heterocycles. The zero-order chi connectivity index (χ0) is 14.8. The first-order chi connectivity index (χ1) is 10.2. The highest BCUT2D eigenvalue weighted by atomic mass is 32.1. The van der Waals surface area contributed by atoms with Crippen LogP contribution in [0.4, 0.5) is 0 Å². The van der Waals surface area contributed by atoms with Crippen molar-refractivity contribution in [3.05, 3.63) is 57.7 Å². The van der Waals surface area contributed by atoms with Crippen LogP contribution in [-0.2, 0) is 6.42 Å². The summed E-state index contributed by atoms with van der Waals surface area (Å²) in [6.07, 6.45) is 0.640. The first-order valence-corrected chi connectivity index (χ1v) is 7.36. The van der Waals surface area contributed by atoms with Crippen molar-refractivity contribution in [2.24, 2.45) is 0 Å². The Morgan fingerprint density at radius 1 is 1.19 bits per heavy atom. The van der Waals surface area contributed by atoms with E-state index in [9.17, 15) is 0 Å². The summed E-state index contributed by atoms with van der Waals surface area (Å²) in [6, 6.07) is 12.0. The summed E-state index contributed by atoms with van der Waals surface area (Å²) < 4.78 is 5.27. The van der Waals surface area contributed by atoms with Crippen LogP contribution in [0.2, 0.25) is 0 Å². The van der Waals surface area contributed by atoms with Gasteiger partial charge >= 0.3 is 0 Å². The highest BCUT2D eigenvalue weighted by Crippen LogP contribution is 2.26. The number of thiophene rings is 1. The average Bonchev–Trinajstić information content (AvgIpc) is 3.11. The van der Waals surface area contributed by atoms with Crippen molar-refractivity contribution in [2.75, 3.05) is 0 Å². The lowest BCUT2D eigenvalue weighted by Gasteiger charge is -2.02. The van der Waals surface area contributed by atoms with Crippen molar-refractivity contribution < 1.29 is 4.52 Å². The normalized spacial score (nSPS) is 10.5. The Morgan fingerprint density at radius 3 is 2.76 bits per heavy atom. The summed E-state index contributed by atoms with van der Waals surface area (Å²) in [7, 11) is 0. The number of rotatable bonds is 3. The van der Waals surface area contributed by atoms with E-state index in [4.69, 9.17) is 9.78 Å². The molecule has 0 fully saturated rings. The van der Waals surface area contributed by atoms with Crippen molar-refractivity contribution in [2.45, 2.75) is 20.3 Å². The summed E-state index contributed by atoms with van der Waals surface area (Å²) in [6.45, 7) is 4.19. The van der Waals surface area contributed by atoms with Crippen LogP contribution in [0.1, 0.15) is 27.4 Å². The Morgan fingerprint density at radius 2 is 2.05 bits per heavy atom. The molecule has 0 aliphatic carbocycles. The minimum atomic E-state index is 0.473. The number of nitriles is 1. The van der Waals surface area contributed by atoms with Gasteiger partial charge in [0.2, 0.25) is 0 Å². The minimum absolute atomic E-state index is 0.473. The second kappa shape index (κ2) is 5.51. The molecule has 0 atom stereocenters. The smallest absolute Gasteiger partial charge is 0.268 e. The molecule has 1 aromatic carbocycles. The Labute approximate surface area is 126 Å². The number of nitrogens with zero attached hydrogens (tertiary/aromatic N) is 3. The van der Waals surface area contributed by atoms with Gasteiger partial charge in [0, 0.05) is 6.42 Å². The highest BCUT2D eigenvalue weighted by Gasteiger charge is 2.12. The van der Waals surface area contributed by atoms with Crippen LogP contribution < -0.4 is 0 Å². The van der Waals surface area contributed by atoms with Crippen molar-refractivity contribution in [3.8, 4) is 16.8 Å². The van der Waals surface area contributed by atoms with E-state index in [0.717, 1.165) is 10.4 Å². The van der Waals surface area contributed by atoms with E-state index < -0.39 is 0 Å². The number of aryl methyl sites for hydroxylation is 2. The first kappa shape index (κ1) is 13.5. The van der Waals surface area contributed by atoms with Crippen LogP contribution in [-0.4, -0.2) is 10.1 Å². The van der Waals surface area contributed by atoms with E-state index in [0.29, 0.717) is 23.0 Å². The quantitative estimate of drug-likeness (QED) is 0.735. The predicted molar refractivity (Wildman–Crippen MR) is 81.0 cm³/mol. The Hall–Kier alpha value is -2.45. The fourth-order valence-corrected chi connectivity index (χ4v) is 2.76. The van der Waals surface area contributed by atoms with Gasteiger partial charge in [-0.05, 0) is 42.7 Å². The first-order valence-electron chi connectivity index (χ1n) is 6.55. The Bertz CT molecular complexity index is 826. The van der Waals surface area contributed by atoms with Crippen molar-refractivity contribution in [1.29, 1.82) is 5.26 Å². The summed E-state index contributed by atoms with van der Waals surface area (Å²) in [5.74, 6) is 1.13. The van der Waals surface area contributed by atoms with Gasteiger partial charge in [0.15, 0.2) is 5.82 Å². The molecule has 5 heteroatoms. The third-order valence-corrected chi connectivity index (χ3v) is 4.31. The lowest BCUT2D eigenvalue weighted by atomic mass is 10.0. The molecule has 0 radical (unpaired) electrons. The SMILES string of the molecule is Cc1ccc(Cc2noc(-c3ccc(C#N)s3)n2)cc1C. The van der Waals surface area contributed by atoms with Gasteiger partial charge in [-0.25, -0.2) is 0 Å². The van der Waals surface area contributed by atoms with Crippen molar-refractivity contribution in [1.82, 2.24) is 10.1 Å². The number of hydrogen-bond donors (Lipinski definition) is 0. The molecule has 0 aliphatic rings. The molecule has 0 amide bonds. The van der Waals surface area contributed by atoms with Gasteiger partial charge in [-0.1, -0.05) is 23.4 Å². The predicted octanol–water partition coefficient (Wildman–Crippen LogP) is 3.88. The van der Waals surface area contributed by atoms with Crippen LogP contribution in [0.5, 0.6) is 0 Å². The summed E-state index contributed by atoms with van der Waals surface area (Å²) in [4.78, 5) is 5.86.